The molecule has 3 unspecified atom stereocenters. The quantitative estimate of drug-likeness (QED) is 0.285. The standard InChI is InChI=1S/C35H42BrN3O5/c1-6-18-37(24-16-12-9-13-17-24)31(41)27-28-32(42)39(25(22-40)20-23-14-10-8-11-15-23)30(35(28)21-26(36)29(27)44-35)33(43)38(19-7-2)34(3,4)5/h6-17,25-30,40H,1-2,18-22H2,3-5H3/t25-,26?,27+,28+,29+,30?,35?/m1/s1. The van der Waals surface area contributed by atoms with Crippen LogP contribution in [0.2, 0.25) is 0 Å². The molecule has 3 aliphatic heterocycles. The van der Waals surface area contributed by atoms with E-state index in [0.717, 1.165) is 5.56 Å². The Kier molecular flexibility index (Phi) is 9.21. The van der Waals surface area contributed by atoms with Gasteiger partial charge in [-0.2, -0.15) is 0 Å². The lowest BCUT2D eigenvalue weighted by molar-refractivity contribution is -0.154. The number of aliphatic hydroxyl groups excluding tert-OH is 1. The van der Waals surface area contributed by atoms with E-state index in [1.807, 2.05) is 81.4 Å². The average molecular weight is 665 g/mol. The number of hydrogen-bond donors (Lipinski definition) is 1. The van der Waals surface area contributed by atoms with Crippen LogP contribution in [0.5, 0.6) is 0 Å². The van der Waals surface area contributed by atoms with Crippen molar-refractivity contribution in [1.82, 2.24) is 9.80 Å². The van der Waals surface area contributed by atoms with E-state index in [0.29, 0.717) is 18.5 Å². The molecule has 1 spiro atoms. The van der Waals surface area contributed by atoms with Crippen molar-refractivity contribution < 1.29 is 24.2 Å². The number of amides is 3. The zero-order valence-electron chi connectivity index (χ0n) is 25.6. The van der Waals surface area contributed by atoms with Crippen molar-refractivity contribution in [3.8, 4) is 0 Å². The number of alkyl halides is 1. The second-order valence-electron chi connectivity index (χ2n) is 12.9. The summed E-state index contributed by atoms with van der Waals surface area (Å²) < 4.78 is 6.78. The van der Waals surface area contributed by atoms with Crippen molar-refractivity contribution in [3.05, 3.63) is 91.5 Å². The number of rotatable bonds is 11. The number of aliphatic hydroxyl groups is 1. The maximum Gasteiger partial charge on any atom is 0.249 e. The molecular weight excluding hydrogens is 622 g/mol. The second-order valence-corrected chi connectivity index (χ2v) is 14.1. The third kappa shape index (κ3) is 5.43. The number of benzene rings is 2. The molecule has 2 aromatic rings. The number of para-hydroxylation sites is 1. The molecule has 0 aliphatic carbocycles. The van der Waals surface area contributed by atoms with E-state index in [2.05, 4.69) is 29.1 Å². The van der Waals surface area contributed by atoms with Crippen LogP contribution in [0.15, 0.2) is 86.0 Å². The lowest BCUT2D eigenvalue weighted by atomic mass is 9.70. The predicted octanol–water partition coefficient (Wildman–Crippen LogP) is 4.37. The van der Waals surface area contributed by atoms with Gasteiger partial charge >= 0.3 is 0 Å². The molecule has 3 heterocycles. The van der Waals surface area contributed by atoms with Gasteiger partial charge in [-0.1, -0.05) is 76.6 Å². The van der Waals surface area contributed by atoms with Crippen LogP contribution in [0.4, 0.5) is 5.69 Å². The first-order valence-electron chi connectivity index (χ1n) is 15.2. The molecule has 0 radical (unpaired) electrons. The number of carbonyl (C=O) groups is 3. The largest absolute Gasteiger partial charge is 0.394 e. The third-order valence-corrected chi connectivity index (χ3v) is 10.0. The van der Waals surface area contributed by atoms with Gasteiger partial charge in [0.1, 0.15) is 11.6 Å². The monoisotopic (exact) mass is 663 g/mol. The van der Waals surface area contributed by atoms with Crippen molar-refractivity contribution >= 4 is 39.3 Å². The first-order valence-corrected chi connectivity index (χ1v) is 16.1. The van der Waals surface area contributed by atoms with Crippen molar-refractivity contribution in [2.75, 3.05) is 24.6 Å². The highest BCUT2D eigenvalue weighted by Crippen LogP contribution is 2.61. The molecule has 8 nitrogen and oxygen atoms in total. The molecule has 5 rings (SSSR count). The number of fused-ring (bicyclic) bond motifs is 1. The smallest absolute Gasteiger partial charge is 0.249 e. The minimum Gasteiger partial charge on any atom is -0.394 e. The zero-order valence-corrected chi connectivity index (χ0v) is 27.2. The minimum absolute atomic E-state index is 0.249. The molecular formula is C35H42BrN3O5. The molecule has 1 N–H and O–H groups in total. The Morgan fingerprint density at radius 3 is 2.25 bits per heavy atom. The Morgan fingerprint density at radius 1 is 1.07 bits per heavy atom. The van der Waals surface area contributed by atoms with Crippen LogP contribution in [-0.4, -0.2) is 86.5 Å². The lowest BCUT2D eigenvalue weighted by Crippen LogP contribution is -2.62. The normalized spacial score (nSPS) is 28.0. The number of anilines is 1. The highest BCUT2D eigenvalue weighted by molar-refractivity contribution is 9.09. The van der Waals surface area contributed by atoms with E-state index in [9.17, 15) is 19.5 Å². The van der Waals surface area contributed by atoms with Gasteiger partial charge in [0, 0.05) is 29.1 Å². The fourth-order valence-electron chi connectivity index (χ4n) is 7.37. The molecule has 0 aromatic heterocycles. The van der Waals surface area contributed by atoms with Crippen LogP contribution >= 0.6 is 15.9 Å². The Morgan fingerprint density at radius 2 is 1.68 bits per heavy atom. The van der Waals surface area contributed by atoms with Crippen LogP contribution in [-0.2, 0) is 25.5 Å². The van der Waals surface area contributed by atoms with E-state index in [4.69, 9.17) is 4.74 Å². The van der Waals surface area contributed by atoms with Gasteiger partial charge in [-0.15, -0.1) is 13.2 Å². The average Bonchev–Trinajstić information content (AvgIpc) is 3.60. The highest BCUT2D eigenvalue weighted by atomic mass is 79.9. The fraction of sp³-hybridized carbons (Fsp3) is 0.457. The summed E-state index contributed by atoms with van der Waals surface area (Å²) in [5.74, 6) is -2.59. The van der Waals surface area contributed by atoms with Crippen LogP contribution < -0.4 is 4.90 Å². The number of nitrogens with zero attached hydrogens (tertiary/aromatic N) is 3. The Labute approximate surface area is 268 Å². The number of carbonyl (C=O) groups excluding carboxylic acids is 3. The molecule has 44 heavy (non-hydrogen) atoms. The van der Waals surface area contributed by atoms with Crippen molar-refractivity contribution in [1.29, 1.82) is 0 Å². The van der Waals surface area contributed by atoms with E-state index in [1.54, 1.807) is 26.9 Å². The molecule has 2 bridgehead atoms. The van der Waals surface area contributed by atoms with E-state index < -0.39 is 41.2 Å². The molecule has 3 aliphatic rings. The van der Waals surface area contributed by atoms with Crippen LogP contribution in [0.3, 0.4) is 0 Å². The van der Waals surface area contributed by atoms with Crippen molar-refractivity contribution in [3.63, 3.8) is 0 Å². The molecule has 9 heteroatoms. The van der Waals surface area contributed by atoms with Crippen molar-refractivity contribution in [2.45, 2.75) is 67.8 Å². The van der Waals surface area contributed by atoms with Crippen LogP contribution in [0, 0.1) is 11.8 Å². The Bertz CT molecular complexity index is 1400. The maximum atomic E-state index is 14.8. The summed E-state index contributed by atoms with van der Waals surface area (Å²) in [6.07, 6.45) is 3.46. The van der Waals surface area contributed by atoms with Crippen LogP contribution in [0.1, 0.15) is 32.8 Å². The molecule has 0 saturated carbocycles. The Balaban J connectivity index is 1.63. The molecule has 234 valence electrons. The van der Waals surface area contributed by atoms with Gasteiger partial charge in [0.25, 0.3) is 0 Å². The third-order valence-electron chi connectivity index (χ3n) is 9.20. The maximum absolute atomic E-state index is 14.8. The van der Waals surface area contributed by atoms with Crippen LogP contribution in [0.25, 0.3) is 0 Å². The van der Waals surface area contributed by atoms with E-state index in [1.165, 1.54) is 0 Å². The SMILES string of the molecule is C=CCN(C(=O)[C@H]1[C@H]2C(=O)N([C@@H](CO)Cc3ccccc3)C(C(=O)N(CC=C)C(C)(C)C)C23CC(Br)[C@@H]1O3)c1ccccc1. The topological polar surface area (TPSA) is 90.4 Å². The fourth-order valence-corrected chi connectivity index (χ4v) is 8.31. The highest BCUT2D eigenvalue weighted by Gasteiger charge is 2.77. The summed E-state index contributed by atoms with van der Waals surface area (Å²) in [4.78, 5) is 48.7. The number of hydrogen-bond acceptors (Lipinski definition) is 5. The van der Waals surface area contributed by atoms with E-state index in [-0.39, 0.29) is 42.2 Å². The summed E-state index contributed by atoms with van der Waals surface area (Å²) in [6, 6.07) is 17.2. The number of likely N-dealkylation sites (tertiary alicyclic amines) is 1. The summed E-state index contributed by atoms with van der Waals surface area (Å²) >= 11 is 3.78. The second kappa shape index (κ2) is 12.6. The first-order chi connectivity index (χ1) is 21.0. The first kappa shape index (κ1) is 32.1. The van der Waals surface area contributed by atoms with Gasteiger partial charge in [0.2, 0.25) is 17.7 Å². The van der Waals surface area contributed by atoms with Gasteiger partial charge < -0.3 is 24.5 Å². The predicted molar refractivity (Wildman–Crippen MR) is 174 cm³/mol. The Hall–Kier alpha value is -3.27. The molecule has 3 saturated heterocycles. The summed E-state index contributed by atoms with van der Waals surface area (Å²) in [7, 11) is 0. The summed E-state index contributed by atoms with van der Waals surface area (Å²) in [6.45, 7) is 13.7. The van der Waals surface area contributed by atoms with Gasteiger partial charge in [-0.3, -0.25) is 14.4 Å². The molecule has 7 atom stereocenters. The van der Waals surface area contributed by atoms with Gasteiger partial charge in [0.15, 0.2) is 0 Å². The van der Waals surface area contributed by atoms with Crippen molar-refractivity contribution in [2.24, 2.45) is 11.8 Å². The zero-order chi connectivity index (χ0) is 31.8. The van der Waals surface area contributed by atoms with Gasteiger partial charge in [-0.25, -0.2) is 0 Å². The molecule has 3 amide bonds. The number of halogens is 1. The minimum atomic E-state index is -1.25. The van der Waals surface area contributed by atoms with Gasteiger partial charge in [0.05, 0.1) is 30.6 Å². The summed E-state index contributed by atoms with van der Waals surface area (Å²) in [5, 5.41) is 10.8. The van der Waals surface area contributed by atoms with Gasteiger partial charge in [-0.05, 0) is 51.3 Å². The molecule has 3 fully saturated rings. The molecule has 2 aromatic carbocycles. The number of ether oxygens (including phenoxy) is 1. The lowest BCUT2D eigenvalue weighted by Gasteiger charge is -2.43. The summed E-state index contributed by atoms with van der Waals surface area (Å²) in [5.41, 5.74) is -0.219. The van der Waals surface area contributed by atoms with E-state index >= 15 is 0 Å².